The molecule has 4 heteroatoms. The van der Waals surface area contributed by atoms with Gasteiger partial charge in [-0.2, -0.15) is 0 Å². The van der Waals surface area contributed by atoms with E-state index in [4.69, 9.17) is 10.5 Å². The van der Waals surface area contributed by atoms with Crippen LogP contribution in [-0.4, -0.2) is 11.1 Å². The van der Waals surface area contributed by atoms with Crippen LogP contribution in [0.3, 0.4) is 0 Å². The van der Waals surface area contributed by atoms with Crippen molar-refractivity contribution >= 4 is 11.7 Å². The van der Waals surface area contributed by atoms with Crippen molar-refractivity contribution in [2.75, 3.05) is 5.73 Å². The van der Waals surface area contributed by atoms with Gasteiger partial charge in [-0.1, -0.05) is 37.3 Å². The summed E-state index contributed by atoms with van der Waals surface area (Å²) in [5, 5.41) is 9.21. The SMILES string of the molecule is CCc1ccccc1OCc1cccc(N)c1C(=O)O. The molecule has 0 bridgehead atoms. The first-order valence-electron chi connectivity index (χ1n) is 6.44. The van der Waals surface area contributed by atoms with E-state index >= 15 is 0 Å². The minimum atomic E-state index is -1.04. The first kappa shape index (κ1) is 13.9. The number of nitrogens with two attached hydrogens (primary N) is 1. The van der Waals surface area contributed by atoms with Crippen molar-refractivity contribution < 1.29 is 14.6 Å². The third-order valence-corrected chi connectivity index (χ3v) is 3.13. The van der Waals surface area contributed by atoms with Crippen molar-refractivity contribution in [2.24, 2.45) is 0 Å². The number of nitrogen functional groups attached to an aromatic ring is 1. The summed E-state index contributed by atoms with van der Waals surface area (Å²) in [4.78, 5) is 11.2. The van der Waals surface area contributed by atoms with Crippen LogP contribution in [0.4, 0.5) is 5.69 Å². The highest BCUT2D eigenvalue weighted by Crippen LogP contribution is 2.22. The molecule has 0 aliphatic heterocycles. The summed E-state index contributed by atoms with van der Waals surface area (Å²) in [6.45, 7) is 2.23. The predicted octanol–water partition coefficient (Wildman–Crippen LogP) is 3.11. The van der Waals surface area contributed by atoms with Gasteiger partial charge in [-0.25, -0.2) is 4.79 Å². The second-order valence-corrected chi connectivity index (χ2v) is 4.44. The minimum Gasteiger partial charge on any atom is -0.489 e. The lowest BCUT2D eigenvalue weighted by molar-refractivity contribution is 0.0695. The standard InChI is InChI=1S/C16H17NO3/c1-2-11-6-3-4-9-14(11)20-10-12-7-5-8-13(17)15(12)16(18)19/h3-9H,2,10,17H2,1H3,(H,18,19). The molecule has 0 amide bonds. The number of carboxylic acids is 1. The molecular formula is C16H17NO3. The first-order valence-corrected chi connectivity index (χ1v) is 6.44. The number of carbonyl (C=O) groups is 1. The summed E-state index contributed by atoms with van der Waals surface area (Å²) in [6, 6.07) is 12.7. The number of aryl methyl sites for hydroxylation is 1. The number of hydrogen-bond donors (Lipinski definition) is 2. The Morgan fingerprint density at radius 2 is 1.85 bits per heavy atom. The fraction of sp³-hybridized carbons (Fsp3) is 0.188. The zero-order valence-corrected chi connectivity index (χ0v) is 11.3. The van der Waals surface area contributed by atoms with Gasteiger partial charge in [0.15, 0.2) is 0 Å². The normalized spacial score (nSPS) is 10.2. The molecule has 20 heavy (non-hydrogen) atoms. The molecule has 0 saturated carbocycles. The van der Waals surface area contributed by atoms with Gasteiger partial charge >= 0.3 is 5.97 Å². The average Bonchev–Trinajstić information content (AvgIpc) is 2.45. The quantitative estimate of drug-likeness (QED) is 0.819. The number of rotatable bonds is 5. The van der Waals surface area contributed by atoms with Gasteiger partial charge in [-0.3, -0.25) is 0 Å². The van der Waals surface area contributed by atoms with Gasteiger partial charge in [0, 0.05) is 11.3 Å². The molecule has 0 spiro atoms. The molecular weight excluding hydrogens is 254 g/mol. The van der Waals surface area contributed by atoms with Gasteiger partial charge in [0.2, 0.25) is 0 Å². The van der Waals surface area contributed by atoms with E-state index in [0.29, 0.717) is 5.56 Å². The molecule has 0 fully saturated rings. The summed E-state index contributed by atoms with van der Waals surface area (Å²) in [7, 11) is 0. The molecule has 0 atom stereocenters. The zero-order chi connectivity index (χ0) is 14.5. The lowest BCUT2D eigenvalue weighted by Crippen LogP contribution is -2.09. The highest BCUT2D eigenvalue weighted by atomic mass is 16.5. The number of ether oxygens (including phenoxy) is 1. The smallest absolute Gasteiger partial charge is 0.338 e. The maximum absolute atomic E-state index is 11.2. The molecule has 0 aliphatic carbocycles. The van der Waals surface area contributed by atoms with Crippen LogP contribution in [0.15, 0.2) is 42.5 Å². The number of carboxylic acid groups (broad SMARTS) is 1. The summed E-state index contributed by atoms with van der Waals surface area (Å²) in [5.74, 6) is -0.265. The lowest BCUT2D eigenvalue weighted by atomic mass is 10.1. The fourth-order valence-electron chi connectivity index (χ4n) is 2.09. The molecule has 2 rings (SSSR count). The number of hydrogen-bond acceptors (Lipinski definition) is 3. The number of benzene rings is 2. The van der Waals surface area contributed by atoms with Crippen LogP contribution in [0.1, 0.15) is 28.4 Å². The summed E-state index contributed by atoms with van der Waals surface area (Å²) < 4.78 is 5.74. The maximum atomic E-state index is 11.2. The van der Waals surface area contributed by atoms with E-state index < -0.39 is 5.97 Å². The second kappa shape index (κ2) is 6.10. The van der Waals surface area contributed by atoms with E-state index in [-0.39, 0.29) is 17.9 Å². The Bertz CT molecular complexity index is 623. The molecule has 4 nitrogen and oxygen atoms in total. The molecule has 2 aromatic rings. The van der Waals surface area contributed by atoms with Crippen molar-refractivity contribution in [3.63, 3.8) is 0 Å². The van der Waals surface area contributed by atoms with E-state index in [2.05, 4.69) is 0 Å². The number of para-hydroxylation sites is 1. The summed E-state index contributed by atoms with van der Waals surface area (Å²) in [6.07, 6.45) is 0.860. The fourth-order valence-corrected chi connectivity index (χ4v) is 2.09. The van der Waals surface area contributed by atoms with Crippen molar-refractivity contribution in [2.45, 2.75) is 20.0 Å². The van der Waals surface area contributed by atoms with Crippen LogP contribution < -0.4 is 10.5 Å². The van der Waals surface area contributed by atoms with Gasteiger partial charge < -0.3 is 15.6 Å². The molecule has 0 heterocycles. The van der Waals surface area contributed by atoms with Crippen LogP contribution in [0.25, 0.3) is 0 Å². The van der Waals surface area contributed by atoms with Gasteiger partial charge in [-0.15, -0.1) is 0 Å². The topological polar surface area (TPSA) is 72.5 Å². The number of aromatic carboxylic acids is 1. The molecule has 0 radical (unpaired) electrons. The van der Waals surface area contributed by atoms with Gasteiger partial charge in [0.25, 0.3) is 0 Å². The van der Waals surface area contributed by atoms with Crippen LogP contribution in [0, 0.1) is 0 Å². The van der Waals surface area contributed by atoms with E-state index in [1.54, 1.807) is 18.2 Å². The third-order valence-electron chi connectivity index (χ3n) is 3.13. The molecule has 0 unspecified atom stereocenters. The first-order chi connectivity index (χ1) is 9.63. The average molecular weight is 271 g/mol. The highest BCUT2D eigenvalue weighted by molar-refractivity contribution is 5.95. The van der Waals surface area contributed by atoms with Crippen LogP contribution in [0.2, 0.25) is 0 Å². The largest absolute Gasteiger partial charge is 0.489 e. The van der Waals surface area contributed by atoms with Gasteiger partial charge in [0.05, 0.1) is 5.56 Å². The molecule has 2 aromatic carbocycles. The molecule has 3 N–H and O–H groups in total. The molecule has 104 valence electrons. The Kier molecular flexibility index (Phi) is 4.25. The Hall–Kier alpha value is -2.49. The van der Waals surface area contributed by atoms with Crippen LogP contribution in [0.5, 0.6) is 5.75 Å². The Morgan fingerprint density at radius 1 is 1.15 bits per heavy atom. The van der Waals surface area contributed by atoms with Gasteiger partial charge in [0.1, 0.15) is 12.4 Å². The van der Waals surface area contributed by atoms with Crippen LogP contribution >= 0.6 is 0 Å². The minimum absolute atomic E-state index is 0.112. The van der Waals surface area contributed by atoms with E-state index in [1.165, 1.54) is 0 Å². The van der Waals surface area contributed by atoms with E-state index in [1.807, 2.05) is 31.2 Å². The Balaban J connectivity index is 2.23. The van der Waals surface area contributed by atoms with Crippen molar-refractivity contribution in [1.29, 1.82) is 0 Å². The van der Waals surface area contributed by atoms with E-state index in [9.17, 15) is 9.90 Å². The Labute approximate surface area is 117 Å². The summed E-state index contributed by atoms with van der Waals surface area (Å²) in [5.41, 5.74) is 7.74. The zero-order valence-electron chi connectivity index (χ0n) is 11.3. The molecule has 0 aliphatic rings. The number of anilines is 1. The Morgan fingerprint density at radius 3 is 2.55 bits per heavy atom. The monoisotopic (exact) mass is 271 g/mol. The van der Waals surface area contributed by atoms with Gasteiger partial charge in [-0.05, 0) is 24.1 Å². The van der Waals surface area contributed by atoms with Crippen molar-refractivity contribution in [3.8, 4) is 5.75 Å². The van der Waals surface area contributed by atoms with Crippen molar-refractivity contribution in [3.05, 3.63) is 59.2 Å². The lowest BCUT2D eigenvalue weighted by Gasteiger charge is -2.12. The molecule has 0 saturated heterocycles. The summed E-state index contributed by atoms with van der Waals surface area (Å²) >= 11 is 0. The predicted molar refractivity (Wildman–Crippen MR) is 78.0 cm³/mol. The third kappa shape index (κ3) is 2.91. The second-order valence-electron chi connectivity index (χ2n) is 4.44. The van der Waals surface area contributed by atoms with Crippen LogP contribution in [-0.2, 0) is 13.0 Å². The van der Waals surface area contributed by atoms with Crippen molar-refractivity contribution in [1.82, 2.24) is 0 Å². The maximum Gasteiger partial charge on any atom is 0.338 e. The highest BCUT2D eigenvalue weighted by Gasteiger charge is 2.14. The van der Waals surface area contributed by atoms with E-state index in [0.717, 1.165) is 17.7 Å². The molecule has 0 aromatic heterocycles.